The van der Waals surface area contributed by atoms with Crippen LogP contribution in [0, 0.1) is 5.92 Å². The van der Waals surface area contributed by atoms with Gasteiger partial charge in [-0.05, 0) is 12.5 Å². The lowest BCUT2D eigenvalue weighted by molar-refractivity contribution is -0.139. The molecule has 17 heavy (non-hydrogen) atoms. The van der Waals surface area contributed by atoms with Crippen molar-refractivity contribution in [2.45, 2.75) is 13.0 Å². The van der Waals surface area contributed by atoms with Crippen LogP contribution in [0.4, 0.5) is 0 Å². The van der Waals surface area contributed by atoms with E-state index in [0.29, 0.717) is 16.5 Å². The summed E-state index contributed by atoms with van der Waals surface area (Å²) >= 11 is 11.9. The fourth-order valence-corrected chi connectivity index (χ4v) is 2.59. The fourth-order valence-electron chi connectivity index (χ4n) is 2.06. The highest BCUT2D eigenvalue weighted by atomic mass is 35.5. The van der Waals surface area contributed by atoms with Crippen molar-refractivity contribution in [1.82, 2.24) is 0 Å². The van der Waals surface area contributed by atoms with Crippen LogP contribution in [-0.2, 0) is 9.53 Å². The van der Waals surface area contributed by atoms with E-state index in [0.717, 1.165) is 5.56 Å². The third-order valence-electron chi connectivity index (χ3n) is 2.86. The quantitative estimate of drug-likeness (QED) is 0.466. The Kier molecular flexibility index (Phi) is 3.75. The van der Waals surface area contributed by atoms with Gasteiger partial charge in [0.2, 0.25) is 0 Å². The van der Waals surface area contributed by atoms with Crippen LogP contribution >= 0.6 is 23.2 Å². The monoisotopic (exact) mass is 270 g/mol. The van der Waals surface area contributed by atoms with Crippen LogP contribution in [0.25, 0.3) is 0 Å². The zero-order valence-electron chi connectivity index (χ0n) is 9.32. The molecule has 1 fully saturated rings. The van der Waals surface area contributed by atoms with E-state index in [4.69, 9.17) is 27.9 Å². The van der Waals surface area contributed by atoms with E-state index < -0.39 is 0 Å². The number of carbonyl (C=O) groups is 1. The number of rotatable bonds is 2. The number of hydrogen-bond donors (Lipinski definition) is 0. The van der Waals surface area contributed by atoms with Crippen LogP contribution in [0.3, 0.4) is 0 Å². The molecule has 1 aromatic carbocycles. The van der Waals surface area contributed by atoms with E-state index in [1.165, 1.54) is 0 Å². The van der Waals surface area contributed by atoms with Crippen LogP contribution in [0.2, 0.25) is 0 Å². The van der Waals surface area contributed by atoms with Crippen LogP contribution in [0.1, 0.15) is 18.6 Å². The first-order valence-corrected chi connectivity index (χ1v) is 6.24. The molecule has 0 spiro atoms. The molecular weight excluding hydrogens is 259 g/mol. The highest BCUT2D eigenvalue weighted by Gasteiger charge is 2.41. The number of carbonyl (C=O) groups excluding carboxylic acids is 1. The minimum absolute atomic E-state index is 0.177. The standard InChI is InChI=1S/C13H12Cl2O2/c1-8(15)11-10(7-14)12(17-13(11)16)9-5-3-2-4-6-9/h2-6,10,12H,7H2,1H3/b11-8-/t10-,12+/m1/s1. The number of ether oxygens (including phenoxy) is 1. The van der Waals surface area contributed by atoms with Gasteiger partial charge in [0.1, 0.15) is 6.10 Å². The van der Waals surface area contributed by atoms with Gasteiger partial charge in [-0.1, -0.05) is 41.9 Å². The summed E-state index contributed by atoms with van der Waals surface area (Å²) in [6.07, 6.45) is -0.329. The lowest BCUT2D eigenvalue weighted by Gasteiger charge is -2.15. The van der Waals surface area contributed by atoms with Crippen molar-refractivity contribution in [3.63, 3.8) is 0 Å². The average molecular weight is 271 g/mol. The number of hydrogen-bond acceptors (Lipinski definition) is 2. The van der Waals surface area contributed by atoms with Crippen molar-refractivity contribution in [2.75, 3.05) is 5.88 Å². The van der Waals surface area contributed by atoms with Gasteiger partial charge in [0.25, 0.3) is 0 Å². The molecule has 0 aromatic heterocycles. The fraction of sp³-hybridized carbons (Fsp3) is 0.308. The van der Waals surface area contributed by atoms with Crippen molar-refractivity contribution in [3.05, 3.63) is 46.5 Å². The van der Waals surface area contributed by atoms with Gasteiger partial charge in [0, 0.05) is 16.8 Å². The summed E-state index contributed by atoms with van der Waals surface area (Å²) in [7, 11) is 0. The maximum atomic E-state index is 11.7. The Morgan fingerprint density at radius 1 is 1.35 bits per heavy atom. The van der Waals surface area contributed by atoms with Crippen LogP contribution in [-0.4, -0.2) is 11.8 Å². The topological polar surface area (TPSA) is 26.3 Å². The van der Waals surface area contributed by atoms with Crippen molar-refractivity contribution >= 4 is 29.2 Å². The Bertz CT molecular complexity index is 450. The Labute approximate surface area is 110 Å². The molecule has 0 aliphatic carbocycles. The van der Waals surface area contributed by atoms with E-state index in [1.54, 1.807) is 6.92 Å². The first-order valence-electron chi connectivity index (χ1n) is 5.33. The third kappa shape index (κ3) is 2.33. The zero-order valence-corrected chi connectivity index (χ0v) is 10.8. The molecule has 1 aliphatic heterocycles. The first-order chi connectivity index (χ1) is 8.15. The van der Waals surface area contributed by atoms with Crippen molar-refractivity contribution in [1.29, 1.82) is 0 Å². The largest absolute Gasteiger partial charge is 0.453 e. The molecule has 0 saturated carbocycles. The molecule has 90 valence electrons. The maximum absolute atomic E-state index is 11.7. The minimum atomic E-state index is -0.364. The first kappa shape index (κ1) is 12.5. The molecule has 1 aliphatic rings. The lowest BCUT2D eigenvalue weighted by atomic mass is 9.93. The van der Waals surface area contributed by atoms with Gasteiger partial charge in [0.15, 0.2) is 0 Å². The van der Waals surface area contributed by atoms with E-state index >= 15 is 0 Å². The zero-order chi connectivity index (χ0) is 12.4. The normalized spacial score (nSPS) is 26.9. The molecule has 0 radical (unpaired) electrons. The van der Waals surface area contributed by atoms with Gasteiger partial charge in [-0.3, -0.25) is 0 Å². The van der Waals surface area contributed by atoms with Crippen LogP contribution in [0.5, 0.6) is 0 Å². The van der Waals surface area contributed by atoms with E-state index in [9.17, 15) is 4.79 Å². The molecule has 0 unspecified atom stereocenters. The van der Waals surface area contributed by atoms with E-state index in [2.05, 4.69) is 0 Å². The molecule has 0 amide bonds. The Balaban J connectivity index is 2.39. The lowest BCUT2D eigenvalue weighted by Crippen LogP contribution is -2.11. The third-order valence-corrected chi connectivity index (χ3v) is 3.39. The summed E-state index contributed by atoms with van der Waals surface area (Å²) in [6.45, 7) is 1.69. The van der Waals surface area contributed by atoms with Crippen molar-refractivity contribution in [2.24, 2.45) is 5.92 Å². The Hall–Kier alpha value is -0.990. The molecule has 1 heterocycles. The summed E-state index contributed by atoms with van der Waals surface area (Å²) in [6, 6.07) is 9.57. The summed E-state index contributed by atoms with van der Waals surface area (Å²) in [5.74, 6) is -0.230. The van der Waals surface area contributed by atoms with Crippen LogP contribution < -0.4 is 0 Å². The van der Waals surface area contributed by atoms with Gasteiger partial charge in [0.05, 0.1) is 5.57 Å². The summed E-state index contributed by atoms with van der Waals surface area (Å²) in [4.78, 5) is 11.7. The Morgan fingerprint density at radius 2 is 2.00 bits per heavy atom. The van der Waals surface area contributed by atoms with Gasteiger partial charge in [-0.15, -0.1) is 11.6 Å². The number of allylic oxidation sites excluding steroid dienone is 1. The van der Waals surface area contributed by atoms with Crippen molar-refractivity contribution < 1.29 is 9.53 Å². The SMILES string of the molecule is C/C(Cl)=C1/C(=O)O[C@@H](c2ccccc2)[C@@H]1CCl. The molecule has 1 aromatic rings. The molecule has 4 heteroatoms. The van der Waals surface area contributed by atoms with E-state index in [1.807, 2.05) is 30.3 Å². The number of cyclic esters (lactones) is 1. The second-order valence-electron chi connectivity index (χ2n) is 3.94. The second kappa shape index (κ2) is 5.11. The number of esters is 1. The van der Waals surface area contributed by atoms with Gasteiger partial charge >= 0.3 is 5.97 Å². The van der Waals surface area contributed by atoms with E-state index in [-0.39, 0.29) is 18.0 Å². The highest BCUT2D eigenvalue weighted by Crippen LogP contribution is 2.41. The number of halogens is 2. The highest BCUT2D eigenvalue weighted by molar-refractivity contribution is 6.31. The smallest absolute Gasteiger partial charge is 0.336 e. The summed E-state index contributed by atoms with van der Waals surface area (Å²) in [5, 5.41) is 0.457. The predicted molar refractivity (Wildman–Crippen MR) is 68.0 cm³/mol. The Morgan fingerprint density at radius 3 is 2.53 bits per heavy atom. The second-order valence-corrected chi connectivity index (χ2v) is 4.82. The van der Waals surface area contributed by atoms with Crippen LogP contribution in [0.15, 0.2) is 40.9 Å². The molecule has 2 nitrogen and oxygen atoms in total. The molecule has 0 N–H and O–H groups in total. The maximum Gasteiger partial charge on any atom is 0.336 e. The summed E-state index contributed by atoms with van der Waals surface area (Å²) < 4.78 is 5.36. The summed E-state index contributed by atoms with van der Waals surface area (Å²) in [5.41, 5.74) is 1.44. The number of alkyl halides is 1. The van der Waals surface area contributed by atoms with Gasteiger partial charge in [-0.25, -0.2) is 4.79 Å². The molecule has 2 rings (SSSR count). The molecule has 1 saturated heterocycles. The molecular formula is C13H12Cl2O2. The van der Waals surface area contributed by atoms with Gasteiger partial charge in [-0.2, -0.15) is 0 Å². The number of benzene rings is 1. The van der Waals surface area contributed by atoms with Gasteiger partial charge < -0.3 is 4.74 Å². The van der Waals surface area contributed by atoms with Crippen molar-refractivity contribution in [3.8, 4) is 0 Å². The molecule has 0 bridgehead atoms. The minimum Gasteiger partial charge on any atom is -0.453 e. The predicted octanol–water partition coefficient (Wildman–Crippen LogP) is 3.65. The average Bonchev–Trinajstić information content (AvgIpc) is 2.67. The molecule has 2 atom stereocenters.